The van der Waals surface area contributed by atoms with Crippen LogP contribution in [0.15, 0.2) is 22.7 Å². The van der Waals surface area contributed by atoms with E-state index >= 15 is 0 Å². The van der Waals surface area contributed by atoms with E-state index in [0.29, 0.717) is 18.8 Å². The molecule has 1 aliphatic heterocycles. The van der Waals surface area contributed by atoms with Gasteiger partial charge in [-0.25, -0.2) is 17.6 Å². The summed E-state index contributed by atoms with van der Waals surface area (Å²) < 4.78 is 44.4. The van der Waals surface area contributed by atoms with Gasteiger partial charge in [0.05, 0.1) is 11.8 Å². The van der Waals surface area contributed by atoms with E-state index in [0.717, 1.165) is 6.26 Å². The van der Waals surface area contributed by atoms with Crippen LogP contribution in [0.2, 0.25) is 0 Å². The zero-order valence-corrected chi connectivity index (χ0v) is 16.7. The number of nitrogens with zero attached hydrogens (tertiary/aromatic N) is 4. The van der Waals surface area contributed by atoms with Crippen molar-refractivity contribution in [2.75, 3.05) is 30.8 Å². The number of nitrogens with one attached hydrogen (secondary N) is 1. The van der Waals surface area contributed by atoms with E-state index in [2.05, 4.69) is 15.5 Å². The quantitative estimate of drug-likeness (QED) is 0.742. The van der Waals surface area contributed by atoms with Gasteiger partial charge in [0.15, 0.2) is 5.82 Å². The number of aromatic nitrogens is 2. The summed E-state index contributed by atoms with van der Waals surface area (Å²) in [7, 11) is -3.36. The Balaban J connectivity index is 1.79. The van der Waals surface area contributed by atoms with Gasteiger partial charge in [-0.2, -0.15) is 9.29 Å². The van der Waals surface area contributed by atoms with E-state index in [1.165, 1.54) is 27.4 Å². The van der Waals surface area contributed by atoms with Gasteiger partial charge >= 0.3 is 6.03 Å². The van der Waals surface area contributed by atoms with Gasteiger partial charge in [0.25, 0.3) is 5.89 Å². The van der Waals surface area contributed by atoms with Gasteiger partial charge in [0.1, 0.15) is 5.82 Å². The van der Waals surface area contributed by atoms with Crippen molar-refractivity contribution in [1.29, 1.82) is 0 Å². The molecule has 0 radical (unpaired) electrons. The third kappa shape index (κ3) is 4.30. The molecular formula is C17H22FN5O4S. The molecule has 0 aliphatic carbocycles. The molecule has 3 rings (SSSR count). The number of anilines is 1. The maximum atomic E-state index is 14.3. The maximum absolute atomic E-state index is 14.3. The first-order valence-electron chi connectivity index (χ1n) is 8.81. The highest BCUT2D eigenvalue weighted by Crippen LogP contribution is 2.27. The van der Waals surface area contributed by atoms with Crippen LogP contribution < -0.4 is 10.2 Å². The average Bonchev–Trinajstić information content (AvgIpc) is 3.23. The van der Waals surface area contributed by atoms with Crippen molar-refractivity contribution in [3.63, 3.8) is 0 Å². The molecule has 152 valence electrons. The Morgan fingerprint density at radius 3 is 2.75 bits per heavy atom. The number of urea groups is 1. The highest BCUT2D eigenvalue weighted by molar-refractivity contribution is 7.88. The van der Waals surface area contributed by atoms with E-state index in [-0.39, 0.29) is 42.3 Å². The molecule has 2 heterocycles. The minimum absolute atomic E-state index is 0.0237. The molecule has 28 heavy (non-hydrogen) atoms. The Hall–Kier alpha value is -2.53. The van der Waals surface area contributed by atoms with Crippen LogP contribution in [-0.2, 0) is 16.4 Å². The monoisotopic (exact) mass is 411 g/mol. The largest absolute Gasteiger partial charge is 0.336 e. The Kier molecular flexibility index (Phi) is 5.66. The topological polar surface area (TPSA) is 109 Å². The lowest BCUT2D eigenvalue weighted by Gasteiger charge is -2.23. The Morgan fingerprint density at radius 1 is 1.39 bits per heavy atom. The van der Waals surface area contributed by atoms with Crippen molar-refractivity contribution in [1.82, 2.24) is 19.8 Å². The molecule has 1 aliphatic rings. The van der Waals surface area contributed by atoms with Gasteiger partial charge in [0, 0.05) is 37.8 Å². The van der Waals surface area contributed by atoms with E-state index in [9.17, 15) is 17.6 Å². The van der Waals surface area contributed by atoms with Crippen molar-refractivity contribution < 1.29 is 22.1 Å². The number of hydrogen-bond acceptors (Lipinski definition) is 6. The molecule has 0 bridgehead atoms. The number of carbonyl (C=O) groups is 1. The SMILES string of the molecule is CC(C)N(CCc1noc(-c2cc(N3CCNC3=O)ccc2F)n1)S(C)(=O)=O. The van der Waals surface area contributed by atoms with Crippen molar-refractivity contribution in [2.24, 2.45) is 0 Å². The molecule has 0 unspecified atom stereocenters. The molecule has 1 saturated heterocycles. The second kappa shape index (κ2) is 7.84. The van der Waals surface area contributed by atoms with Gasteiger partial charge in [-0.15, -0.1) is 0 Å². The summed E-state index contributed by atoms with van der Waals surface area (Å²) in [6, 6.07) is 3.77. The second-order valence-corrected chi connectivity index (χ2v) is 8.72. The van der Waals surface area contributed by atoms with Crippen LogP contribution in [0.1, 0.15) is 19.7 Å². The number of hydrogen-bond donors (Lipinski definition) is 1. The first-order chi connectivity index (χ1) is 13.2. The number of carbonyl (C=O) groups excluding carboxylic acids is 1. The minimum atomic E-state index is -3.36. The van der Waals surface area contributed by atoms with Crippen molar-refractivity contribution >= 4 is 21.7 Å². The summed E-state index contributed by atoms with van der Waals surface area (Å²) in [5.41, 5.74) is 0.606. The third-order valence-electron chi connectivity index (χ3n) is 4.37. The fourth-order valence-electron chi connectivity index (χ4n) is 3.05. The summed E-state index contributed by atoms with van der Waals surface area (Å²) >= 11 is 0. The summed E-state index contributed by atoms with van der Waals surface area (Å²) in [4.78, 5) is 17.5. The molecule has 9 nitrogen and oxygen atoms in total. The minimum Gasteiger partial charge on any atom is -0.336 e. The number of amides is 2. The molecule has 11 heteroatoms. The Bertz CT molecular complexity index is 976. The van der Waals surface area contributed by atoms with Gasteiger partial charge in [-0.3, -0.25) is 4.90 Å². The van der Waals surface area contributed by atoms with E-state index in [4.69, 9.17) is 4.52 Å². The van der Waals surface area contributed by atoms with Gasteiger partial charge in [-0.1, -0.05) is 5.16 Å². The fraction of sp³-hybridized carbons (Fsp3) is 0.471. The Morgan fingerprint density at radius 2 is 2.14 bits per heavy atom. The number of benzene rings is 1. The molecule has 1 aromatic heterocycles. The first-order valence-corrected chi connectivity index (χ1v) is 10.7. The smallest absolute Gasteiger partial charge is 0.321 e. The zero-order valence-electron chi connectivity index (χ0n) is 15.8. The summed E-state index contributed by atoms with van der Waals surface area (Å²) in [5, 5.41) is 6.50. The lowest BCUT2D eigenvalue weighted by Crippen LogP contribution is -2.37. The molecule has 0 spiro atoms. The van der Waals surface area contributed by atoms with Crippen LogP contribution in [0.5, 0.6) is 0 Å². The fourth-order valence-corrected chi connectivity index (χ4v) is 4.23. The van der Waals surface area contributed by atoms with Crippen LogP contribution >= 0.6 is 0 Å². The first kappa shape index (κ1) is 20.2. The molecular weight excluding hydrogens is 389 g/mol. The highest BCUT2D eigenvalue weighted by atomic mass is 32.2. The van der Waals surface area contributed by atoms with Gasteiger partial charge in [-0.05, 0) is 32.0 Å². The molecule has 0 atom stereocenters. The Labute approximate surface area is 162 Å². The van der Waals surface area contributed by atoms with Crippen molar-refractivity contribution in [3.8, 4) is 11.5 Å². The molecule has 2 amide bonds. The number of rotatable bonds is 7. The molecule has 1 fully saturated rings. The van der Waals surface area contributed by atoms with Crippen LogP contribution in [0.25, 0.3) is 11.5 Å². The number of sulfonamides is 1. The van der Waals surface area contributed by atoms with Crippen LogP contribution in [0.4, 0.5) is 14.9 Å². The molecule has 1 aromatic carbocycles. The standard InChI is InChI=1S/C17H22FN5O4S/c1-11(2)23(28(3,25)26)8-6-15-20-16(27-21-15)13-10-12(4-5-14(13)18)22-9-7-19-17(22)24/h4-5,10-11H,6-9H2,1-3H3,(H,19,24). The number of halogens is 1. The normalized spacial score (nSPS) is 14.9. The maximum Gasteiger partial charge on any atom is 0.321 e. The van der Waals surface area contributed by atoms with Crippen LogP contribution in [0, 0.1) is 5.82 Å². The van der Waals surface area contributed by atoms with Gasteiger partial charge in [0.2, 0.25) is 10.0 Å². The predicted molar refractivity (Wildman–Crippen MR) is 101 cm³/mol. The third-order valence-corrected chi connectivity index (χ3v) is 5.83. The second-order valence-electron chi connectivity index (χ2n) is 6.78. The molecule has 1 N–H and O–H groups in total. The summed E-state index contributed by atoms with van der Waals surface area (Å²) in [6.07, 6.45) is 1.37. The summed E-state index contributed by atoms with van der Waals surface area (Å²) in [6.45, 7) is 4.74. The van der Waals surface area contributed by atoms with Crippen molar-refractivity contribution in [2.45, 2.75) is 26.3 Å². The predicted octanol–water partition coefficient (Wildman–Crippen LogP) is 1.62. The highest BCUT2D eigenvalue weighted by Gasteiger charge is 2.24. The lowest BCUT2D eigenvalue weighted by atomic mass is 10.1. The average molecular weight is 411 g/mol. The molecule has 0 saturated carbocycles. The van der Waals surface area contributed by atoms with E-state index < -0.39 is 15.8 Å². The van der Waals surface area contributed by atoms with Gasteiger partial charge < -0.3 is 9.84 Å². The lowest BCUT2D eigenvalue weighted by molar-refractivity contribution is 0.252. The molecule has 2 aromatic rings. The summed E-state index contributed by atoms with van der Waals surface area (Å²) in [5.74, 6) is -0.309. The van der Waals surface area contributed by atoms with E-state index in [1.54, 1.807) is 13.8 Å². The zero-order chi connectivity index (χ0) is 20.5. The van der Waals surface area contributed by atoms with Crippen LogP contribution in [-0.4, -0.2) is 60.8 Å². The van der Waals surface area contributed by atoms with Crippen molar-refractivity contribution in [3.05, 3.63) is 29.8 Å². The van der Waals surface area contributed by atoms with E-state index in [1.807, 2.05) is 0 Å². The van der Waals surface area contributed by atoms with Crippen LogP contribution in [0.3, 0.4) is 0 Å².